The SMILES string of the molecule is CCC(CC)n1c(Cc2cccs2)nc2cc(C(=O)C[C@@H](CC(C)C)C(=O)NCCC3CCCCN3C)ccc21. The third-order valence-corrected chi connectivity index (χ3v) is 9.44. The molecule has 0 spiro atoms. The Kier molecular flexibility index (Phi) is 11.0. The number of rotatable bonds is 14. The Hall–Kier alpha value is -2.51. The van der Waals surface area contributed by atoms with Crippen molar-refractivity contribution < 1.29 is 9.59 Å². The van der Waals surface area contributed by atoms with Gasteiger partial charge in [0.15, 0.2) is 5.78 Å². The number of Topliss-reactive ketones (excluding diaryl/α,β-unsaturated/α-hetero) is 1. The highest BCUT2D eigenvalue weighted by Gasteiger charge is 2.26. The van der Waals surface area contributed by atoms with Gasteiger partial charge in [-0.05, 0) is 87.7 Å². The van der Waals surface area contributed by atoms with Crippen molar-refractivity contribution in [1.82, 2.24) is 19.8 Å². The summed E-state index contributed by atoms with van der Waals surface area (Å²) in [7, 11) is 2.18. The van der Waals surface area contributed by atoms with Crippen molar-refractivity contribution in [2.45, 2.75) is 97.6 Å². The van der Waals surface area contributed by atoms with Gasteiger partial charge in [0.2, 0.25) is 5.91 Å². The lowest BCUT2D eigenvalue weighted by molar-refractivity contribution is -0.125. The van der Waals surface area contributed by atoms with Gasteiger partial charge in [-0.2, -0.15) is 0 Å². The molecule has 218 valence electrons. The Bertz CT molecular complexity index is 1240. The van der Waals surface area contributed by atoms with Gasteiger partial charge in [0.05, 0.1) is 11.0 Å². The largest absolute Gasteiger partial charge is 0.356 e. The van der Waals surface area contributed by atoms with Crippen molar-refractivity contribution in [1.29, 1.82) is 0 Å². The van der Waals surface area contributed by atoms with E-state index in [2.05, 4.69) is 73.1 Å². The minimum Gasteiger partial charge on any atom is -0.356 e. The molecule has 2 aromatic heterocycles. The fraction of sp³-hybridized carbons (Fsp3) is 0.606. The minimum absolute atomic E-state index is 0.0119. The maximum absolute atomic E-state index is 13.5. The zero-order valence-corrected chi connectivity index (χ0v) is 25.9. The van der Waals surface area contributed by atoms with E-state index in [1.165, 1.54) is 24.1 Å². The van der Waals surface area contributed by atoms with Gasteiger partial charge in [-0.25, -0.2) is 4.98 Å². The highest BCUT2D eigenvalue weighted by molar-refractivity contribution is 7.09. The van der Waals surface area contributed by atoms with Gasteiger partial charge in [0, 0.05) is 47.8 Å². The summed E-state index contributed by atoms with van der Waals surface area (Å²) in [6.45, 7) is 10.5. The normalized spacial score (nSPS) is 17.1. The van der Waals surface area contributed by atoms with Gasteiger partial charge < -0.3 is 14.8 Å². The molecule has 0 aliphatic carbocycles. The van der Waals surface area contributed by atoms with E-state index in [0.717, 1.165) is 49.1 Å². The van der Waals surface area contributed by atoms with E-state index in [1.54, 1.807) is 11.3 Å². The van der Waals surface area contributed by atoms with Gasteiger partial charge >= 0.3 is 0 Å². The minimum atomic E-state index is -0.316. The quantitative estimate of drug-likeness (QED) is 0.209. The number of hydrogen-bond acceptors (Lipinski definition) is 5. The van der Waals surface area contributed by atoms with E-state index in [9.17, 15) is 9.59 Å². The maximum atomic E-state index is 13.5. The number of benzene rings is 1. The molecule has 1 aliphatic rings. The zero-order chi connectivity index (χ0) is 28.6. The van der Waals surface area contributed by atoms with Gasteiger partial charge in [0.25, 0.3) is 0 Å². The average Bonchev–Trinajstić information content (AvgIpc) is 3.57. The van der Waals surface area contributed by atoms with Crippen molar-refractivity contribution >= 4 is 34.1 Å². The third kappa shape index (κ3) is 7.61. The summed E-state index contributed by atoms with van der Waals surface area (Å²) < 4.78 is 2.38. The Labute approximate surface area is 244 Å². The van der Waals surface area contributed by atoms with Crippen LogP contribution in [-0.2, 0) is 11.2 Å². The van der Waals surface area contributed by atoms with Crippen LogP contribution < -0.4 is 5.32 Å². The van der Waals surface area contributed by atoms with Crippen molar-refractivity contribution in [3.63, 3.8) is 0 Å². The summed E-state index contributed by atoms with van der Waals surface area (Å²) in [6.07, 6.45) is 8.48. The van der Waals surface area contributed by atoms with E-state index in [0.29, 0.717) is 36.5 Å². The number of imidazole rings is 1. The summed E-state index contributed by atoms with van der Waals surface area (Å²) >= 11 is 1.75. The molecule has 3 heterocycles. The molecule has 7 heteroatoms. The molecule has 40 heavy (non-hydrogen) atoms. The molecule has 6 nitrogen and oxygen atoms in total. The van der Waals surface area contributed by atoms with Crippen LogP contribution in [0, 0.1) is 11.8 Å². The third-order valence-electron chi connectivity index (χ3n) is 8.56. The number of carbonyl (C=O) groups excluding carboxylic acids is 2. The van der Waals surface area contributed by atoms with Gasteiger partial charge in [-0.3, -0.25) is 9.59 Å². The molecule has 2 atom stereocenters. The lowest BCUT2D eigenvalue weighted by atomic mass is 9.89. The predicted molar refractivity (Wildman–Crippen MR) is 166 cm³/mol. The average molecular weight is 565 g/mol. The van der Waals surface area contributed by atoms with Crippen molar-refractivity contribution in [2.24, 2.45) is 11.8 Å². The smallest absolute Gasteiger partial charge is 0.223 e. The first-order chi connectivity index (χ1) is 19.3. The number of thiophene rings is 1. The maximum Gasteiger partial charge on any atom is 0.223 e. The van der Waals surface area contributed by atoms with Gasteiger partial charge in [-0.1, -0.05) is 40.2 Å². The van der Waals surface area contributed by atoms with Crippen LogP contribution >= 0.6 is 11.3 Å². The second-order valence-electron chi connectivity index (χ2n) is 12.0. The van der Waals surface area contributed by atoms with Crippen molar-refractivity contribution in [3.05, 3.63) is 52.0 Å². The van der Waals surface area contributed by atoms with Crippen LogP contribution in [0.1, 0.15) is 106 Å². The van der Waals surface area contributed by atoms with Crippen LogP contribution in [0.2, 0.25) is 0 Å². The molecule has 1 saturated heterocycles. The summed E-state index contributed by atoms with van der Waals surface area (Å²) in [5.74, 6) is 1.11. The molecule has 3 aromatic rings. The molecule has 1 aromatic carbocycles. The van der Waals surface area contributed by atoms with E-state index in [-0.39, 0.29) is 24.0 Å². The number of carbonyl (C=O) groups is 2. The molecule has 1 N–H and O–H groups in total. The summed E-state index contributed by atoms with van der Waals surface area (Å²) in [5.41, 5.74) is 2.60. The molecule has 1 fully saturated rings. The standard InChI is InChI=1S/C33H48N4O2S/c1-6-26(7-2)37-30-14-13-24(20-29(30)35-32(37)22-28-12-10-18-40-28)31(38)21-25(19-23(3)4)33(39)34-16-15-27-11-8-9-17-36(27)5/h10,12-14,18,20,23,25-27H,6-9,11,15-17,19,21-22H2,1-5H3,(H,34,39)/t25-,27?/m1/s1. The van der Waals surface area contributed by atoms with E-state index < -0.39 is 0 Å². The lowest BCUT2D eigenvalue weighted by Gasteiger charge is -2.32. The highest BCUT2D eigenvalue weighted by Crippen LogP contribution is 2.29. The number of nitrogens with one attached hydrogen (secondary N) is 1. The molecule has 1 aliphatic heterocycles. The number of piperidine rings is 1. The number of amides is 1. The summed E-state index contributed by atoms with van der Waals surface area (Å²) in [6, 6.07) is 11.1. The van der Waals surface area contributed by atoms with Crippen LogP contribution in [0.25, 0.3) is 11.0 Å². The monoisotopic (exact) mass is 564 g/mol. The molecular formula is C33H48N4O2S. The van der Waals surface area contributed by atoms with E-state index in [1.807, 2.05) is 12.1 Å². The van der Waals surface area contributed by atoms with E-state index in [4.69, 9.17) is 4.98 Å². The van der Waals surface area contributed by atoms with Gasteiger partial charge in [-0.15, -0.1) is 11.3 Å². The van der Waals surface area contributed by atoms with Gasteiger partial charge in [0.1, 0.15) is 5.82 Å². The molecule has 1 unspecified atom stereocenters. The van der Waals surface area contributed by atoms with Crippen molar-refractivity contribution in [2.75, 3.05) is 20.1 Å². The number of nitrogens with zero attached hydrogens (tertiary/aromatic N) is 3. The number of fused-ring (bicyclic) bond motifs is 1. The molecule has 4 rings (SSSR count). The Morgan fingerprint density at radius 1 is 1.15 bits per heavy atom. The van der Waals surface area contributed by atoms with Crippen LogP contribution in [0.3, 0.4) is 0 Å². The van der Waals surface area contributed by atoms with Crippen LogP contribution in [0.4, 0.5) is 0 Å². The van der Waals surface area contributed by atoms with Crippen LogP contribution in [0.5, 0.6) is 0 Å². The first kappa shape index (κ1) is 30.4. The first-order valence-electron chi connectivity index (χ1n) is 15.3. The second kappa shape index (κ2) is 14.4. The number of hydrogen-bond donors (Lipinski definition) is 1. The molecule has 0 bridgehead atoms. The molecule has 0 radical (unpaired) electrons. The Morgan fingerprint density at radius 2 is 1.95 bits per heavy atom. The molecule has 0 saturated carbocycles. The fourth-order valence-corrected chi connectivity index (χ4v) is 6.99. The Balaban J connectivity index is 1.48. The summed E-state index contributed by atoms with van der Waals surface area (Å²) in [5, 5.41) is 5.27. The number of ketones is 1. The Morgan fingerprint density at radius 3 is 2.62 bits per heavy atom. The van der Waals surface area contributed by atoms with Crippen LogP contribution in [-0.4, -0.2) is 52.3 Å². The number of likely N-dealkylation sites (tertiary alicyclic amines) is 1. The molecular weight excluding hydrogens is 516 g/mol. The topological polar surface area (TPSA) is 67.2 Å². The highest BCUT2D eigenvalue weighted by atomic mass is 32.1. The number of aromatic nitrogens is 2. The lowest BCUT2D eigenvalue weighted by Crippen LogP contribution is -2.40. The fourth-order valence-electron chi connectivity index (χ4n) is 6.29. The van der Waals surface area contributed by atoms with Crippen molar-refractivity contribution in [3.8, 4) is 0 Å². The zero-order valence-electron chi connectivity index (χ0n) is 25.1. The summed E-state index contributed by atoms with van der Waals surface area (Å²) in [4.78, 5) is 35.5. The predicted octanol–water partition coefficient (Wildman–Crippen LogP) is 7.28. The van der Waals surface area contributed by atoms with Crippen LogP contribution in [0.15, 0.2) is 35.7 Å². The van der Waals surface area contributed by atoms with E-state index >= 15 is 0 Å². The second-order valence-corrected chi connectivity index (χ2v) is 13.0. The first-order valence-corrected chi connectivity index (χ1v) is 16.2. The molecule has 1 amide bonds.